The van der Waals surface area contributed by atoms with E-state index in [9.17, 15) is 9.65 Å². The van der Waals surface area contributed by atoms with Crippen molar-refractivity contribution in [1.82, 2.24) is 24.1 Å². The minimum atomic E-state index is -0.419. The number of fused-ring (bicyclic) bond motifs is 1. The SMILES string of the molecule is CC1(Cn2cc(-c3ccc(C#N)nc3-c3ccn4c(F)cnc4c3)cn2)CCCC1. The zero-order valence-electron chi connectivity index (χ0n) is 16.7. The molecule has 4 heterocycles. The van der Waals surface area contributed by atoms with E-state index in [4.69, 9.17) is 0 Å². The van der Waals surface area contributed by atoms with Crippen LogP contribution in [0.4, 0.5) is 4.39 Å². The lowest BCUT2D eigenvalue weighted by Crippen LogP contribution is -2.19. The van der Waals surface area contributed by atoms with Gasteiger partial charge in [0.15, 0.2) is 0 Å². The number of hydrogen-bond donors (Lipinski definition) is 0. The average Bonchev–Trinajstić information content (AvgIpc) is 3.48. The van der Waals surface area contributed by atoms with E-state index in [1.165, 1.54) is 36.3 Å². The van der Waals surface area contributed by atoms with Gasteiger partial charge in [-0.3, -0.25) is 9.08 Å². The van der Waals surface area contributed by atoms with Gasteiger partial charge in [0.2, 0.25) is 5.95 Å². The van der Waals surface area contributed by atoms with Gasteiger partial charge < -0.3 is 0 Å². The third-order valence-electron chi connectivity index (χ3n) is 6.05. The van der Waals surface area contributed by atoms with Crippen molar-refractivity contribution in [3.8, 4) is 28.5 Å². The lowest BCUT2D eigenvalue weighted by Gasteiger charge is -2.22. The van der Waals surface area contributed by atoms with Gasteiger partial charge in [-0.1, -0.05) is 19.8 Å². The van der Waals surface area contributed by atoms with E-state index in [2.05, 4.69) is 28.1 Å². The lowest BCUT2D eigenvalue weighted by molar-refractivity contribution is 0.268. The molecule has 1 fully saturated rings. The summed E-state index contributed by atoms with van der Waals surface area (Å²) in [7, 11) is 0. The van der Waals surface area contributed by atoms with Gasteiger partial charge in [-0.2, -0.15) is 14.8 Å². The zero-order chi connectivity index (χ0) is 20.7. The Kier molecular flexibility index (Phi) is 4.35. The van der Waals surface area contributed by atoms with Crippen LogP contribution in [0.15, 0.2) is 49.1 Å². The van der Waals surface area contributed by atoms with Crippen LogP contribution in [-0.4, -0.2) is 24.1 Å². The van der Waals surface area contributed by atoms with Gasteiger partial charge in [-0.15, -0.1) is 0 Å². The van der Waals surface area contributed by atoms with Crippen LogP contribution >= 0.6 is 0 Å². The summed E-state index contributed by atoms with van der Waals surface area (Å²) in [6, 6.07) is 9.28. The summed E-state index contributed by atoms with van der Waals surface area (Å²) < 4.78 is 17.2. The maximum atomic E-state index is 13.8. The molecule has 6 nitrogen and oxygen atoms in total. The fourth-order valence-corrected chi connectivity index (χ4v) is 4.44. The molecule has 1 aliphatic carbocycles. The summed E-state index contributed by atoms with van der Waals surface area (Å²) in [5.41, 5.74) is 4.37. The van der Waals surface area contributed by atoms with Crippen molar-refractivity contribution in [2.75, 3.05) is 0 Å². The number of pyridine rings is 2. The molecule has 0 unspecified atom stereocenters. The molecule has 0 aliphatic heterocycles. The van der Waals surface area contributed by atoms with Gasteiger partial charge in [0, 0.05) is 35.6 Å². The van der Waals surface area contributed by atoms with Crippen LogP contribution < -0.4 is 0 Å². The quantitative estimate of drug-likeness (QED) is 0.491. The van der Waals surface area contributed by atoms with Gasteiger partial charge in [0.05, 0.1) is 18.1 Å². The van der Waals surface area contributed by atoms with Crippen LogP contribution in [0.5, 0.6) is 0 Å². The molecule has 30 heavy (non-hydrogen) atoms. The molecule has 1 aliphatic rings. The molecule has 4 aromatic rings. The molecule has 0 saturated heterocycles. The van der Waals surface area contributed by atoms with E-state index >= 15 is 0 Å². The first-order valence-corrected chi connectivity index (χ1v) is 10.1. The normalized spacial score (nSPS) is 15.5. The van der Waals surface area contributed by atoms with Crippen molar-refractivity contribution in [3.63, 3.8) is 0 Å². The third-order valence-corrected chi connectivity index (χ3v) is 6.05. The van der Waals surface area contributed by atoms with Crippen LogP contribution in [0.25, 0.3) is 28.0 Å². The first-order chi connectivity index (χ1) is 14.5. The molecule has 5 rings (SSSR count). The Labute approximate surface area is 173 Å². The Bertz CT molecular complexity index is 1270. The fourth-order valence-electron chi connectivity index (χ4n) is 4.44. The van der Waals surface area contributed by atoms with Crippen molar-refractivity contribution in [2.45, 2.75) is 39.2 Å². The van der Waals surface area contributed by atoms with Crippen LogP contribution in [0, 0.1) is 22.7 Å². The molecule has 0 atom stereocenters. The number of imidazole rings is 1. The number of halogens is 1. The van der Waals surface area contributed by atoms with Gasteiger partial charge in [0.1, 0.15) is 17.4 Å². The molecule has 7 heteroatoms. The van der Waals surface area contributed by atoms with Crippen molar-refractivity contribution >= 4 is 5.65 Å². The minimum absolute atomic E-state index is 0.296. The molecule has 0 bridgehead atoms. The number of hydrogen-bond acceptors (Lipinski definition) is 4. The number of nitriles is 1. The highest BCUT2D eigenvalue weighted by Crippen LogP contribution is 2.39. The van der Waals surface area contributed by atoms with E-state index in [1.54, 1.807) is 24.4 Å². The van der Waals surface area contributed by atoms with Gasteiger partial charge >= 0.3 is 0 Å². The van der Waals surface area contributed by atoms with E-state index in [0.29, 0.717) is 22.5 Å². The van der Waals surface area contributed by atoms with E-state index in [1.807, 2.05) is 23.1 Å². The van der Waals surface area contributed by atoms with Crippen molar-refractivity contribution in [1.29, 1.82) is 5.26 Å². The molecule has 1 saturated carbocycles. The van der Waals surface area contributed by atoms with Crippen LogP contribution in [0.3, 0.4) is 0 Å². The minimum Gasteiger partial charge on any atom is -0.276 e. The first kappa shape index (κ1) is 18.5. The topological polar surface area (TPSA) is 71.8 Å². The van der Waals surface area contributed by atoms with Gasteiger partial charge in [-0.25, -0.2) is 9.97 Å². The van der Waals surface area contributed by atoms with Crippen LogP contribution in [0.1, 0.15) is 38.3 Å². The summed E-state index contributed by atoms with van der Waals surface area (Å²) in [4.78, 5) is 8.65. The van der Waals surface area contributed by atoms with Crippen LogP contribution in [-0.2, 0) is 6.54 Å². The van der Waals surface area contributed by atoms with Crippen molar-refractivity contribution in [2.24, 2.45) is 5.41 Å². The molecule has 0 spiro atoms. The summed E-state index contributed by atoms with van der Waals surface area (Å²) in [5, 5.41) is 13.9. The van der Waals surface area contributed by atoms with E-state index < -0.39 is 5.95 Å². The first-order valence-electron chi connectivity index (χ1n) is 10.1. The Hall–Kier alpha value is -3.53. The molecular formula is C23H21FN6. The number of aromatic nitrogens is 5. The molecular weight excluding hydrogens is 379 g/mol. The second-order valence-electron chi connectivity index (χ2n) is 8.37. The summed E-state index contributed by atoms with van der Waals surface area (Å²) in [6.45, 7) is 3.22. The lowest BCUT2D eigenvalue weighted by atomic mass is 9.89. The summed E-state index contributed by atoms with van der Waals surface area (Å²) >= 11 is 0. The second kappa shape index (κ2) is 7.06. The predicted molar refractivity (Wildman–Crippen MR) is 111 cm³/mol. The molecule has 0 radical (unpaired) electrons. The van der Waals surface area contributed by atoms with Crippen molar-refractivity contribution < 1.29 is 4.39 Å². The molecule has 4 aromatic heterocycles. The van der Waals surface area contributed by atoms with Crippen molar-refractivity contribution in [3.05, 3.63) is 60.7 Å². The molecule has 0 N–H and O–H groups in total. The predicted octanol–water partition coefficient (Wildman–Crippen LogP) is 4.85. The monoisotopic (exact) mass is 400 g/mol. The van der Waals surface area contributed by atoms with E-state index in [0.717, 1.165) is 23.2 Å². The average molecular weight is 400 g/mol. The Morgan fingerprint density at radius 3 is 2.80 bits per heavy atom. The van der Waals surface area contributed by atoms with Gasteiger partial charge in [-0.05, 0) is 42.5 Å². The highest BCUT2D eigenvalue weighted by molar-refractivity contribution is 5.81. The summed E-state index contributed by atoms with van der Waals surface area (Å²) in [6.07, 6.45) is 11.7. The maximum absolute atomic E-state index is 13.8. The smallest absolute Gasteiger partial charge is 0.217 e. The largest absolute Gasteiger partial charge is 0.276 e. The fraction of sp³-hybridized carbons (Fsp3) is 0.304. The third kappa shape index (κ3) is 3.24. The van der Waals surface area contributed by atoms with E-state index in [-0.39, 0.29) is 0 Å². The Morgan fingerprint density at radius 2 is 2.00 bits per heavy atom. The number of rotatable bonds is 4. The standard InChI is InChI=1S/C23H21FN6/c1-23(7-2-3-8-23)15-29-14-17(12-27-29)19-5-4-18(11-25)28-22(19)16-6-9-30-20(24)13-26-21(30)10-16/h4-6,9-10,12-14H,2-3,7-8,15H2,1H3. The summed E-state index contributed by atoms with van der Waals surface area (Å²) in [5.74, 6) is -0.419. The number of nitrogens with zero attached hydrogens (tertiary/aromatic N) is 6. The Morgan fingerprint density at radius 1 is 1.17 bits per heavy atom. The highest BCUT2D eigenvalue weighted by Gasteiger charge is 2.29. The second-order valence-corrected chi connectivity index (χ2v) is 8.37. The highest BCUT2D eigenvalue weighted by atomic mass is 19.1. The molecule has 150 valence electrons. The zero-order valence-corrected chi connectivity index (χ0v) is 16.7. The van der Waals surface area contributed by atoms with Crippen LogP contribution in [0.2, 0.25) is 0 Å². The Balaban J connectivity index is 1.56. The maximum Gasteiger partial charge on any atom is 0.217 e. The molecule has 0 amide bonds. The van der Waals surface area contributed by atoms with Gasteiger partial charge in [0.25, 0.3) is 0 Å². The molecule has 0 aromatic carbocycles.